The summed E-state index contributed by atoms with van der Waals surface area (Å²) in [4.78, 5) is 26.2. The number of esters is 1. The van der Waals surface area contributed by atoms with E-state index >= 15 is 4.39 Å². The lowest BCUT2D eigenvalue weighted by molar-refractivity contribution is -0.144. The van der Waals surface area contributed by atoms with Crippen LogP contribution in [0.4, 0.5) is 16.2 Å². The van der Waals surface area contributed by atoms with E-state index < -0.39 is 48.8 Å². The minimum Gasteiger partial charge on any atom is -0.465 e. The molecule has 4 N–H and O–H groups in total. The molecule has 4 rings (SSSR count). The number of rotatable bonds is 8. The van der Waals surface area contributed by atoms with Gasteiger partial charge < -0.3 is 25.2 Å². The number of halogens is 1. The van der Waals surface area contributed by atoms with E-state index in [-0.39, 0.29) is 18.2 Å². The van der Waals surface area contributed by atoms with Gasteiger partial charge in [-0.3, -0.25) is 9.36 Å². The molecule has 2 aliphatic rings. The Morgan fingerprint density at radius 1 is 1.55 bits per heavy atom. The maximum Gasteiger partial charge on any atom is 0.440 e. The Balaban J connectivity index is 1.52. The Morgan fingerprint density at radius 3 is 2.82 bits per heavy atom. The zero-order valence-corrected chi connectivity index (χ0v) is 20.4. The number of alkyl halides is 1. The Hall–Kier alpha value is -2.09. The van der Waals surface area contributed by atoms with Crippen LogP contribution in [0.2, 0.25) is 0 Å². The van der Waals surface area contributed by atoms with Gasteiger partial charge >= 0.3 is 13.0 Å². The van der Waals surface area contributed by atoms with Gasteiger partial charge in [-0.25, -0.2) is 9.37 Å². The third kappa shape index (κ3) is 3.74. The number of aliphatic hydroxyl groups is 1. The molecule has 0 aromatic carbocycles. The molecule has 2 unspecified atom stereocenters. The van der Waals surface area contributed by atoms with Crippen LogP contribution in [0.1, 0.15) is 27.0 Å². The first-order chi connectivity index (χ1) is 15.4. The first-order valence-electron chi connectivity index (χ1n) is 10.2. The molecule has 7 atom stereocenters. The maximum absolute atomic E-state index is 16.0. The van der Waals surface area contributed by atoms with Gasteiger partial charge in [-0.1, -0.05) is 5.09 Å². The van der Waals surface area contributed by atoms with Crippen molar-refractivity contribution in [2.75, 3.05) is 31.3 Å². The largest absolute Gasteiger partial charge is 0.465 e. The Morgan fingerprint density at radius 2 is 2.24 bits per heavy atom. The van der Waals surface area contributed by atoms with E-state index in [0.29, 0.717) is 11.3 Å². The highest BCUT2D eigenvalue weighted by Crippen LogP contribution is 2.64. The predicted molar refractivity (Wildman–Crippen MR) is 121 cm³/mol. The van der Waals surface area contributed by atoms with Crippen molar-refractivity contribution in [3.63, 3.8) is 0 Å². The highest BCUT2D eigenvalue weighted by atomic mass is 32.4. The summed E-state index contributed by atoms with van der Waals surface area (Å²) in [6, 6.07) is -0.708. The summed E-state index contributed by atoms with van der Waals surface area (Å²) in [5, 5.41) is 13.9. The lowest BCUT2D eigenvalue weighted by Gasteiger charge is -2.29. The van der Waals surface area contributed by atoms with Crippen LogP contribution >= 0.6 is 7.07 Å². The number of carbonyl (C=O) groups is 1. The van der Waals surface area contributed by atoms with Gasteiger partial charge in [0, 0.05) is 14.1 Å². The van der Waals surface area contributed by atoms with E-state index in [4.69, 9.17) is 31.5 Å². The number of ether oxygens (including phenoxy) is 2. The van der Waals surface area contributed by atoms with E-state index in [9.17, 15) is 9.90 Å². The molecule has 2 fully saturated rings. The number of nitrogens with one attached hydrogen (secondary N) is 1. The molecule has 0 amide bonds. The van der Waals surface area contributed by atoms with Crippen molar-refractivity contribution in [1.82, 2.24) is 24.6 Å². The topological polar surface area (TPSA) is 150 Å². The van der Waals surface area contributed by atoms with Gasteiger partial charge in [0.2, 0.25) is 17.8 Å². The van der Waals surface area contributed by atoms with Crippen LogP contribution in [-0.2, 0) is 30.6 Å². The Labute approximate surface area is 195 Å². The summed E-state index contributed by atoms with van der Waals surface area (Å²) in [6.07, 6.45) is -1.82. The number of imidazole rings is 1. The number of fused-ring (bicyclic) bond motifs is 2. The molecule has 1 saturated heterocycles. The molecular formula is C18H26FN7O5PS+. The quantitative estimate of drug-likeness (QED) is 0.342. The third-order valence-electron chi connectivity index (χ3n) is 5.80. The number of nitrogens with zero attached hydrogens (tertiary/aromatic N) is 5. The van der Waals surface area contributed by atoms with Gasteiger partial charge in [-0.2, -0.15) is 9.97 Å². The lowest BCUT2D eigenvalue weighted by Crippen LogP contribution is -2.45. The molecule has 12 nitrogen and oxygen atoms in total. The molecule has 1 aliphatic carbocycles. The van der Waals surface area contributed by atoms with Gasteiger partial charge in [0.25, 0.3) is 0 Å². The average Bonchev–Trinajstić information content (AvgIpc) is 3.01. The fourth-order valence-electron chi connectivity index (χ4n) is 3.99. The van der Waals surface area contributed by atoms with Gasteiger partial charge in [-0.15, -0.1) is 4.52 Å². The smallest absolute Gasteiger partial charge is 0.440 e. The summed E-state index contributed by atoms with van der Waals surface area (Å²) in [7, 11) is 1.77. The van der Waals surface area contributed by atoms with E-state index in [1.165, 1.54) is 17.8 Å². The summed E-state index contributed by atoms with van der Waals surface area (Å²) in [6.45, 7) is 4.73. The summed E-state index contributed by atoms with van der Waals surface area (Å²) < 4.78 is 33.8. The van der Waals surface area contributed by atoms with Crippen molar-refractivity contribution in [3.8, 4) is 0 Å². The van der Waals surface area contributed by atoms with Crippen LogP contribution in [0, 0.1) is 0 Å². The molecule has 15 heteroatoms. The van der Waals surface area contributed by atoms with Crippen LogP contribution in [0.15, 0.2) is 6.33 Å². The fraction of sp³-hybridized carbons (Fsp3) is 0.667. The second-order valence-corrected chi connectivity index (χ2v) is 10.3. The van der Waals surface area contributed by atoms with Crippen molar-refractivity contribution < 1.29 is 28.3 Å². The lowest BCUT2D eigenvalue weighted by atomic mass is 9.97. The van der Waals surface area contributed by atoms with E-state index in [1.807, 2.05) is 0 Å². The second-order valence-electron chi connectivity index (χ2n) is 8.32. The van der Waals surface area contributed by atoms with E-state index in [0.717, 1.165) is 0 Å². The number of hydrogen-bond acceptors (Lipinski definition) is 11. The third-order valence-corrected chi connectivity index (χ3v) is 7.39. The number of nitrogen functional groups attached to an aromatic ring is 1. The molecule has 3 heterocycles. The first kappa shape index (κ1) is 24.0. The minimum atomic E-state index is -2.27. The van der Waals surface area contributed by atoms with Crippen molar-refractivity contribution in [3.05, 3.63) is 6.33 Å². The highest BCUT2D eigenvalue weighted by molar-refractivity contribution is 8.02. The number of nitrogens with two attached hydrogens (primary N) is 1. The number of hydrogen-bond donors (Lipinski definition) is 3. The molecule has 2 aromatic heterocycles. The van der Waals surface area contributed by atoms with Gasteiger partial charge in [-0.05, 0) is 20.8 Å². The molecule has 2 aromatic rings. The molecule has 1 aliphatic heterocycles. The van der Waals surface area contributed by atoms with Crippen LogP contribution < -0.4 is 15.7 Å². The molecule has 0 radical (unpaired) electrons. The van der Waals surface area contributed by atoms with Crippen molar-refractivity contribution in [1.29, 1.82) is 0 Å². The SMILES string of the molecule is CCOC(=O)[C@H](C)N[P+](=S)OC1[C@H]2O[C@@H](n3cnc4c(N(C)C)nc(N)nc43)[C@](C)(F)[C@@]12O. The van der Waals surface area contributed by atoms with E-state index in [1.54, 1.807) is 32.8 Å². The van der Waals surface area contributed by atoms with Gasteiger partial charge in [0.05, 0.1) is 12.9 Å². The number of anilines is 2. The van der Waals surface area contributed by atoms with Crippen LogP contribution in [0.5, 0.6) is 0 Å². The average molecular weight is 502 g/mol. The molecular weight excluding hydrogens is 476 g/mol. The Bertz CT molecular complexity index is 1120. The van der Waals surface area contributed by atoms with Crippen molar-refractivity contribution >= 4 is 47.8 Å². The number of carbonyl (C=O) groups excluding carboxylic acids is 1. The summed E-state index contributed by atoms with van der Waals surface area (Å²) >= 11 is 5.25. The molecule has 0 spiro atoms. The first-order valence-corrected chi connectivity index (χ1v) is 12.5. The zero-order chi connectivity index (χ0) is 24.3. The summed E-state index contributed by atoms with van der Waals surface area (Å²) in [5.74, 6) is -0.0151. The normalized spacial score (nSPS) is 31.8. The van der Waals surface area contributed by atoms with Crippen LogP contribution in [0.25, 0.3) is 11.2 Å². The predicted octanol–water partition coefficient (Wildman–Crippen LogP) is 0.545. The molecule has 33 heavy (non-hydrogen) atoms. The molecule has 1 saturated carbocycles. The second kappa shape index (κ2) is 8.29. The summed E-state index contributed by atoms with van der Waals surface area (Å²) in [5.41, 5.74) is 2.31. The van der Waals surface area contributed by atoms with Crippen LogP contribution in [-0.4, -0.2) is 80.8 Å². The maximum atomic E-state index is 16.0. The monoisotopic (exact) mass is 502 g/mol. The van der Waals surface area contributed by atoms with Crippen molar-refractivity contribution in [2.24, 2.45) is 0 Å². The Kier molecular flexibility index (Phi) is 6.04. The van der Waals surface area contributed by atoms with E-state index in [2.05, 4.69) is 20.0 Å². The van der Waals surface area contributed by atoms with Gasteiger partial charge in [0.1, 0.15) is 12.1 Å². The van der Waals surface area contributed by atoms with Crippen molar-refractivity contribution in [2.45, 2.75) is 56.5 Å². The highest BCUT2D eigenvalue weighted by Gasteiger charge is 2.86. The fourth-order valence-corrected chi connectivity index (χ4v) is 5.70. The molecule has 0 bridgehead atoms. The minimum absolute atomic E-state index is 0.00451. The van der Waals surface area contributed by atoms with Crippen LogP contribution in [0.3, 0.4) is 0 Å². The number of aromatic nitrogens is 4. The zero-order valence-electron chi connectivity index (χ0n) is 18.7. The van der Waals surface area contributed by atoms with Gasteiger partial charge in [0.15, 0.2) is 40.6 Å². The standard InChI is InChI=1S/C18H26FN7O5PS/c1-6-29-14(27)8(2)24-32(33)31-11-10-18(11,28)17(3,19)15(30-10)26-7-21-9-12(25(4)5)22-16(20)23-13(9)26/h7-8,10-11,15,28H,6H2,1-5H3,(H,24,33)(H2,20,22,23)/q+1/t8-,10+,11?,15+,17-,18-/m0/s1. The molecule has 180 valence electrons.